The van der Waals surface area contributed by atoms with Crippen LogP contribution in [0.25, 0.3) is 0 Å². The van der Waals surface area contributed by atoms with E-state index in [1.165, 1.54) is 4.88 Å². The number of anilines is 1. The first-order valence-corrected chi connectivity index (χ1v) is 10.4. The van der Waals surface area contributed by atoms with Gasteiger partial charge < -0.3 is 5.32 Å². The second-order valence-corrected chi connectivity index (χ2v) is 8.99. The maximum absolute atomic E-state index is 12.5. The van der Waals surface area contributed by atoms with E-state index in [1.54, 1.807) is 17.4 Å². The highest BCUT2D eigenvalue weighted by atomic mass is 35.5. The second kappa shape index (κ2) is 8.62. The Morgan fingerprint density at radius 1 is 1.44 bits per heavy atom. The quantitative estimate of drug-likeness (QED) is 0.728. The summed E-state index contributed by atoms with van der Waals surface area (Å²) < 4.78 is 0. The highest BCUT2D eigenvalue weighted by molar-refractivity contribution is 7.16. The van der Waals surface area contributed by atoms with Gasteiger partial charge in [0.1, 0.15) is 11.1 Å². The van der Waals surface area contributed by atoms with E-state index in [-0.39, 0.29) is 12.5 Å². The summed E-state index contributed by atoms with van der Waals surface area (Å²) in [5.41, 5.74) is 2.63. The van der Waals surface area contributed by atoms with E-state index in [1.807, 2.05) is 24.1 Å². The molecule has 3 rings (SSSR count). The molecule has 1 aromatic heterocycles. The van der Waals surface area contributed by atoms with Gasteiger partial charge in [-0.2, -0.15) is 5.26 Å². The molecule has 0 saturated heterocycles. The predicted octanol–water partition coefficient (Wildman–Crippen LogP) is 5.12. The molecule has 0 aliphatic heterocycles. The van der Waals surface area contributed by atoms with Gasteiger partial charge in [-0.15, -0.1) is 11.3 Å². The number of hydrogen-bond donors (Lipinski definition) is 1. The Bertz CT molecular complexity index is 903. The van der Waals surface area contributed by atoms with Gasteiger partial charge in [-0.05, 0) is 49.4 Å². The monoisotopic (exact) mass is 421 g/mol. The lowest BCUT2D eigenvalue weighted by Crippen LogP contribution is -2.29. The minimum absolute atomic E-state index is 0.140. The van der Waals surface area contributed by atoms with Gasteiger partial charge in [0.2, 0.25) is 5.91 Å². The van der Waals surface area contributed by atoms with Crippen molar-refractivity contribution < 1.29 is 4.79 Å². The number of carbonyl (C=O) groups is 1. The van der Waals surface area contributed by atoms with E-state index < -0.39 is 0 Å². The number of fused-ring (bicyclic) bond motifs is 1. The van der Waals surface area contributed by atoms with Gasteiger partial charge in [-0.25, -0.2) is 0 Å². The molecule has 1 N–H and O–H groups in total. The van der Waals surface area contributed by atoms with Crippen LogP contribution in [0.15, 0.2) is 18.2 Å². The van der Waals surface area contributed by atoms with Crippen molar-refractivity contribution in [2.45, 2.75) is 32.7 Å². The first-order valence-electron chi connectivity index (χ1n) is 8.85. The van der Waals surface area contributed by atoms with Crippen LogP contribution >= 0.6 is 34.5 Å². The standard InChI is InChI=1S/C20H21Cl2N3OS/c1-12-6-7-14-15(9-23)20(27-17(14)8-12)24-18(26)11-25(2)10-13-4-3-5-16(21)19(13)22/h3-5,12H,6-8,10-11H2,1-2H3,(H,24,26). The van der Waals surface area contributed by atoms with Crippen LogP contribution < -0.4 is 5.32 Å². The van der Waals surface area contributed by atoms with Crippen LogP contribution in [0, 0.1) is 17.2 Å². The summed E-state index contributed by atoms with van der Waals surface area (Å²) in [7, 11) is 1.85. The third kappa shape index (κ3) is 4.64. The Balaban J connectivity index is 1.66. The molecule has 7 heteroatoms. The fourth-order valence-corrected chi connectivity index (χ4v) is 5.14. The van der Waals surface area contributed by atoms with E-state index in [0.717, 1.165) is 30.4 Å². The van der Waals surface area contributed by atoms with Crippen LogP contribution in [0.1, 0.15) is 34.9 Å². The van der Waals surface area contributed by atoms with Gasteiger partial charge >= 0.3 is 0 Å². The number of likely N-dealkylation sites (N-methyl/N-ethyl adjacent to an activating group) is 1. The maximum Gasteiger partial charge on any atom is 0.239 e. The molecule has 0 saturated carbocycles. The Morgan fingerprint density at radius 2 is 2.22 bits per heavy atom. The average molecular weight is 422 g/mol. The van der Waals surface area contributed by atoms with Crippen molar-refractivity contribution >= 4 is 45.4 Å². The van der Waals surface area contributed by atoms with Crippen LogP contribution in [0.2, 0.25) is 10.0 Å². The van der Waals surface area contributed by atoms with Crippen LogP contribution in [-0.4, -0.2) is 24.4 Å². The predicted molar refractivity (Wildman–Crippen MR) is 112 cm³/mol. The molecule has 0 radical (unpaired) electrons. The first kappa shape index (κ1) is 20.2. The molecular formula is C20H21Cl2N3OS. The molecule has 0 bridgehead atoms. The van der Waals surface area contributed by atoms with Gasteiger partial charge in [0.05, 0.1) is 22.2 Å². The van der Waals surface area contributed by atoms with E-state index in [2.05, 4.69) is 18.3 Å². The van der Waals surface area contributed by atoms with E-state index in [4.69, 9.17) is 23.2 Å². The summed E-state index contributed by atoms with van der Waals surface area (Å²) in [6.07, 6.45) is 2.99. The molecule has 142 valence electrons. The molecule has 0 spiro atoms. The van der Waals surface area contributed by atoms with Crippen LogP contribution in [0.3, 0.4) is 0 Å². The lowest BCUT2D eigenvalue weighted by molar-refractivity contribution is -0.117. The zero-order valence-electron chi connectivity index (χ0n) is 15.3. The Morgan fingerprint density at radius 3 is 2.96 bits per heavy atom. The summed E-state index contributed by atoms with van der Waals surface area (Å²) in [6.45, 7) is 2.94. The maximum atomic E-state index is 12.5. The molecule has 0 fully saturated rings. The topological polar surface area (TPSA) is 56.1 Å². The zero-order chi connectivity index (χ0) is 19.6. The number of nitriles is 1. The van der Waals surface area contributed by atoms with E-state index >= 15 is 0 Å². The van der Waals surface area contributed by atoms with Crippen LogP contribution in [0.4, 0.5) is 5.00 Å². The number of rotatable bonds is 5. The smallest absolute Gasteiger partial charge is 0.239 e. The van der Waals surface area contributed by atoms with Crippen molar-refractivity contribution in [1.29, 1.82) is 5.26 Å². The Hall–Kier alpha value is -1.58. The molecule has 1 aliphatic rings. The molecule has 1 atom stereocenters. The van der Waals surface area contributed by atoms with Gasteiger partial charge in [-0.1, -0.05) is 42.3 Å². The number of nitrogens with zero attached hydrogens (tertiary/aromatic N) is 2. The number of hydrogen-bond acceptors (Lipinski definition) is 4. The molecule has 1 aliphatic carbocycles. The molecular weight excluding hydrogens is 401 g/mol. The van der Waals surface area contributed by atoms with Crippen molar-refractivity contribution in [3.05, 3.63) is 49.8 Å². The molecule has 27 heavy (non-hydrogen) atoms. The molecule has 2 aromatic rings. The number of halogens is 2. The molecule has 1 aromatic carbocycles. The lowest BCUT2D eigenvalue weighted by Gasteiger charge is -2.17. The number of carbonyl (C=O) groups excluding carboxylic acids is 1. The Labute approximate surface area is 173 Å². The van der Waals surface area contributed by atoms with Crippen molar-refractivity contribution in [1.82, 2.24) is 4.90 Å². The zero-order valence-corrected chi connectivity index (χ0v) is 17.6. The summed E-state index contributed by atoms with van der Waals surface area (Å²) in [5, 5.41) is 14.2. The van der Waals surface area contributed by atoms with E-state index in [0.29, 0.717) is 33.1 Å². The highest BCUT2D eigenvalue weighted by Crippen LogP contribution is 2.39. The molecule has 1 heterocycles. The summed E-state index contributed by atoms with van der Waals surface area (Å²) in [4.78, 5) is 15.6. The average Bonchev–Trinajstić information content (AvgIpc) is 2.94. The van der Waals surface area contributed by atoms with Crippen LogP contribution in [-0.2, 0) is 24.2 Å². The molecule has 4 nitrogen and oxygen atoms in total. The minimum atomic E-state index is -0.140. The normalized spacial score (nSPS) is 16.1. The largest absolute Gasteiger partial charge is 0.315 e. The summed E-state index contributed by atoms with van der Waals surface area (Å²) in [5.74, 6) is 0.485. The third-order valence-electron chi connectivity index (χ3n) is 4.76. The molecule has 1 unspecified atom stereocenters. The highest BCUT2D eigenvalue weighted by Gasteiger charge is 2.24. The third-order valence-corrected chi connectivity index (χ3v) is 6.79. The summed E-state index contributed by atoms with van der Waals surface area (Å²) in [6, 6.07) is 7.75. The fraction of sp³-hybridized carbons (Fsp3) is 0.400. The van der Waals surface area contributed by atoms with Gasteiger partial charge in [0.15, 0.2) is 0 Å². The van der Waals surface area contributed by atoms with Crippen LogP contribution in [0.5, 0.6) is 0 Å². The van der Waals surface area contributed by atoms with Crippen molar-refractivity contribution in [2.75, 3.05) is 18.9 Å². The number of benzene rings is 1. The van der Waals surface area contributed by atoms with Gasteiger partial charge in [-0.3, -0.25) is 9.69 Å². The molecule has 1 amide bonds. The van der Waals surface area contributed by atoms with Crippen molar-refractivity contribution in [2.24, 2.45) is 5.92 Å². The SMILES string of the molecule is CC1CCc2c(sc(NC(=O)CN(C)Cc3cccc(Cl)c3Cl)c2C#N)C1. The summed E-state index contributed by atoms with van der Waals surface area (Å²) >= 11 is 13.8. The minimum Gasteiger partial charge on any atom is -0.315 e. The van der Waals surface area contributed by atoms with Crippen molar-refractivity contribution in [3.63, 3.8) is 0 Å². The number of thiophene rings is 1. The first-order chi connectivity index (χ1) is 12.9. The van der Waals surface area contributed by atoms with Gasteiger partial charge in [0.25, 0.3) is 0 Å². The van der Waals surface area contributed by atoms with Crippen molar-refractivity contribution in [3.8, 4) is 6.07 Å². The number of nitrogens with one attached hydrogen (secondary N) is 1. The second-order valence-electron chi connectivity index (χ2n) is 7.10. The van der Waals surface area contributed by atoms with Gasteiger partial charge in [0, 0.05) is 11.4 Å². The lowest BCUT2D eigenvalue weighted by atomic mass is 9.89. The fourth-order valence-electron chi connectivity index (χ4n) is 3.39. The van der Waals surface area contributed by atoms with E-state index in [9.17, 15) is 10.1 Å². The Kier molecular flexibility index (Phi) is 6.44. The number of amides is 1.